The van der Waals surface area contributed by atoms with Crippen LogP contribution in [-0.2, 0) is 4.79 Å². The van der Waals surface area contributed by atoms with Gasteiger partial charge in [-0.05, 0) is 12.8 Å². The highest BCUT2D eigenvalue weighted by molar-refractivity contribution is 6.44. The van der Waals surface area contributed by atoms with E-state index in [1.165, 1.54) is 0 Å². The van der Waals surface area contributed by atoms with Gasteiger partial charge in [0, 0.05) is 0 Å². The van der Waals surface area contributed by atoms with E-state index >= 15 is 0 Å². The minimum atomic E-state index is -1.03. The number of carboxylic acid groups (broad SMARTS) is 1. The van der Waals surface area contributed by atoms with Gasteiger partial charge in [-0.2, -0.15) is 0 Å². The van der Waals surface area contributed by atoms with Crippen LogP contribution < -0.4 is 0 Å². The molecule has 0 aromatic carbocycles. The molecule has 0 spiro atoms. The summed E-state index contributed by atoms with van der Waals surface area (Å²) in [4.78, 5) is 9.57. The van der Waals surface area contributed by atoms with Crippen molar-refractivity contribution in [1.29, 1.82) is 0 Å². The zero-order valence-corrected chi connectivity index (χ0v) is 7.33. The van der Waals surface area contributed by atoms with Crippen LogP contribution in [0.4, 0.5) is 0 Å². The van der Waals surface area contributed by atoms with Crippen LogP contribution in [0.25, 0.3) is 0 Å². The standard InChI is InChI=1S/C5H7Cl3O2/c6-3(5(9)10)1-2-4(7)8/h3-4H,1-2H2,(H,9,10). The Labute approximate surface area is 74.1 Å². The van der Waals surface area contributed by atoms with E-state index in [-0.39, 0.29) is 0 Å². The van der Waals surface area contributed by atoms with E-state index in [2.05, 4.69) is 0 Å². The van der Waals surface area contributed by atoms with Crippen molar-refractivity contribution in [2.24, 2.45) is 0 Å². The van der Waals surface area contributed by atoms with Gasteiger partial charge in [0.15, 0.2) is 0 Å². The smallest absolute Gasteiger partial charge is 0.321 e. The number of aliphatic carboxylic acids is 1. The maximum atomic E-state index is 10.1. The molecule has 0 aliphatic heterocycles. The summed E-state index contributed by atoms with van der Waals surface area (Å²) in [6.45, 7) is 0. The van der Waals surface area contributed by atoms with E-state index < -0.39 is 16.2 Å². The predicted molar refractivity (Wildman–Crippen MR) is 42.0 cm³/mol. The maximum absolute atomic E-state index is 10.1. The van der Waals surface area contributed by atoms with Crippen molar-refractivity contribution in [2.75, 3.05) is 0 Å². The number of rotatable bonds is 4. The topological polar surface area (TPSA) is 37.3 Å². The highest BCUT2D eigenvalue weighted by Crippen LogP contribution is 2.14. The third-order valence-corrected chi connectivity index (χ3v) is 1.75. The molecule has 60 valence electrons. The fourth-order valence-electron chi connectivity index (χ4n) is 0.396. The first-order chi connectivity index (χ1) is 4.54. The Bertz CT molecular complexity index is 115. The van der Waals surface area contributed by atoms with Gasteiger partial charge in [-0.1, -0.05) is 0 Å². The van der Waals surface area contributed by atoms with Crippen LogP contribution in [0.2, 0.25) is 0 Å². The van der Waals surface area contributed by atoms with Gasteiger partial charge < -0.3 is 5.11 Å². The average molecular weight is 205 g/mol. The summed E-state index contributed by atoms with van der Waals surface area (Å²) in [7, 11) is 0. The molecule has 0 aromatic heterocycles. The van der Waals surface area contributed by atoms with Crippen molar-refractivity contribution in [2.45, 2.75) is 23.1 Å². The summed E-state index contributed by atoms with van der Waals surface area (Å²) >= 11 is 16.0. The molecule has 0 rings (SSSR count). The molecule has 1 atom stereocenters. The molecular formula is C5H7Cl3O2. The molecule has 1 N–H and O–H groups in total. The van der Waals surface area contributed by atoms with Gasteiger partial charge in [-0.15, -0.1) is 34.8 Å². The van der Waals surface area contributed by atoms with E-state index in [4.69, 9.17) is 39.9 Å². The monoisotopic (exact) mass is 204 g/mol. The Morgan fingerprint density at radius 2 is 1.80 bits per heavy atom. The number of alkyl halides is 3. The maximum Gasteiger partial charge on any atom is 0.321 e. The zero-order chi connectivity index (χ0) is 8.15. The Hall–Kier alpha value is 0.340. The average Bonchev–Trinajstić information content (AvgIpc) is 1.82. The molecule has 0 saturated carbocycles. The van der Waals surface area contributed by atoms with Crippen molar-refractivity contribution in [3.8, 4) is 0 Å². The van der Waals surface area contributed by atoms with Crippen LogP contribution in [0.15, 0.2) is 0 Å². The van der Waals surface area contributed by atoms with Crippen LogP contribution in [-0.4, -0.2) is 21.3 Å². The van der Waals surface area contributed by atoms with Crippen molar-refractivity contribution in [3.63, 3.8) is 0 Å². The van der Waals surface area contributed by atoms with Crippen molar-refractivity contribution >= 4 is 40.8 Å². The second kappa shape index (κ2) is 5.05. The number of carbonyl (C=O) groups is 1. The lowest BCUT2D eigenvalue weighted by Crippen LogP contribution is -2.13. The Morgan fingerprint density at radius 1 is 1.30 bits per heavy atom. The Kier molecular flexibility index (Phi) is 5.22. The van der Waals surface area contributed by atoms with Crippen molar-refractivity contribution < 1.29 is 9.90 Å². The largest absolute Gasteiger partial charge is 0.480 e. The molecule has 2 nitrogen and oxygen atoms in total. The second-order valence-electron chi connectivity index (χ2n) is 1.77. The molecule has 0 aliphatic carbocycles. The lowest BCUT2D eigenvalue weighted by atomic mass is 10.2. The molecule has 0 amide bonds. The quantitative estimate of drug-likeness (QED) is 0.715. The number of carboxylic acids is 1. The minimum absolute atomic E-state index is 0.300. The first-order valence-electron chi connectivity index (χ1n) is 2.69. The van der Waals surface area contributed by atoms with Gasteiger partial charge in [-0.25, -0.2) is 0 Å². The highest BCUT2D eigenvalue weighted by Gasteiger charge is 2.14. The Balaban J connectivity index is 3.40. The molecule has 0 radical (unpaired) electrons. The molecule has 0 aliphatic rings. The van der Waals surface area contributed by atoms with E-state index in [1.54, 1.807) is 0 Å². The normalized spacial score (nSPS) is 13.6. The molecule has 0 bridgehead atoms. The molecule has 5 heteroatoms. The molecule has 1 unspecified atom stereocenters. The van der Waals surface area contributed by atoms with Gasteiger partial charge in [-0.3, -0.25) is 4.79 Å². The van der Waals surface area contributed by atoms with E-state index in [1.807, 2.05) is 0 Å². The summed E-state index contributed by atoms with van der Waals surface area (Å²) in [6.07, 6.45) is 0.706. The SMILES string of the molecule is O=C(O)C(Cl)CCC(Cl)Cl. The van der Waals surface area contributed by atoms with Gasteiger partial charge in [0.2, 0.25) is 0 Å². The molecule has 0 heterocycles. The highest BCUT2D eigenvalue weighted by atomic mass is 35.5. The van der Waals surface area contributed by atoms with Gasteiger partial charge in [0.1, 0.15) is 10.2 Å². The number of hydrogen-bond acceptors (Lipinski definition) is 1. The second-order valence-corrected chi connectivity index (χ2v) is 3.58. The van der Waals surface area contributed by atoms with Crippen LogP contribution >= 0.6 is 34.8 Å². The fraction of sp³-hybridized carbons (Fsp3) is 0.800. The van der Waals surface area contributed by atoms with E-state index in [0.29, 0.717) is 12.8 Å². The summed E-state index contributed by atoms with van der Waals surface area (Å²) in [6, 6.07) is 0. The van der Waals surface area contributed by atoms with Gasteiger partial charge in [0.05, 0.1) is 0 Å². The lowest BCUT2D eigenvalue weighted by molar-refractivity contribution is -0.136. The summed E-state index contributed by atoms with van der Waals surface area (Å²) in [5.41, 5.74) is 0. The first-order valence-corrected chi connectivity index (χ1v) is 4.00. The zero-order valence-electron chi connectivity index (χ0n) is 5.06. The number of hydrogen-bond donors (Lipinski definition) is 1. The summed E-state index contributed by atoms with van der Waals surface area (Å²) in [5, 5.41) is 7.40. The fourth-order valence-corrected chi connectivity index (χ4v) is 0.774. The van der Waals surface area contributed by atoms with Crippen LogP contribution in [0.5, 0.6) is 0 Å². The molecule has 0 aromatic rings. The van der Waals surface area contributed by atoms with Crippen molar-refractivity contribution in [1.82, 2.24) is 0 Å². The third kappa shape index (κ3) is 5.15. The molecule has 0 fully saturated rings. The Morgan fingerprint density at radius 3 is 2.10 bits per heavy atom. The van der Waals surface area contributed by atoms with Crippen LogP contribution in [0, 0.1) is 0 Å². The third-order valence-electron chi connectivity index (χ3n) is 0.906. The molecule has 0 saturated heterocycles. The predicted octanol–water partition coefficient (Wildman–Crippen LogP) is 2.26. The molecular weight excluding hydrogens is 198 g/mol. The van der Waals surface area contributed by atoms with Crippen LogP contribution in [0.1, 0.15) is 12.8 Å². The minimum Gasteiger partial charge on any atom is -0.480 e. The van der Waals surface area contributed by atoms with Gasteiger partial charge >= 0.3 is 5.97 Å². The van der Waals surface area contributed by atoms with E-state index in [9.17, 15) is 4.79 Å². The van der Waals surface area contributed by atoms with Crippen LogP contribution in [0.3, 0.4) is 0 Å². The molecule has 10 heavy (non-hydrogen) atoms. The summed E-state index contributed by atoms with van der Waals surface area (Å²) in [5.74, 6) is -1.03. The van der Waals surface area contributed by atoms with Gasteiger partial charge in [0.25, 0.3) is 0 Å². The number of halogens is 3. The van der Waals surface area contributed by atoms with E-state index in [0.717, 1.165) is 0 Å². The lowest BCUT2D eigenvalue weighted by Gasteiger charge is -2.02. The van der Waals surface area contributed by atoms with Crippen molar-refractivity contribution in [3.05, 3.63) is 0 Å². The summed E-state index contributed by atoms with van der Waals surface area (Å²) < 4.78 is 0. The first kappa shape index (κ1) is 10.3.